The third-order valence-electron chi connectivity index (χ3n) is 1.88. The third kappa shape index (κ3) is 2.43. The molecule has 3 nitrogen and oxygen atoms in total. The SMILES string of the molecule is COc1cc(F)ccc1Nc1nc(Cl)cs1. The van der Waals surface area contributed by atoms with Gasteiger partial charge in [0.1, 0.15) is 16.7 Å². The molecule has 2 rings (SSSR count). The van der Waals surface area contributed by atoms with E-state index in [-0.39, 0.29) is 5.82 Å². The van der Waals surface area contributed by atoms with Crippen LogP contribution in [0.15, 0.2) is 23.6 Å². The van der Waals surface area contributed by atoms with Crippen molar-refractivity contribution in [3.63, 3.8) is 0 Å². The number of aromatic nitrogens is 1. The molecule has 1 heterocycles. The van der Waals surface area contributed by atoms with Crippen LogP contribution >= 0.6 is 22.9 Å². The summed E-state index contributed by atoms with van der Waals surface area (Å²) in [5.41, 5.74) is 0.648. The summed E-state index contributed by atoms with van der Waals surface area (Å²) in [6, 6.07) is 4.24. The van der Waals surface area contributed by atoms with Crippen LogP contribution in [0.3, 0.4) is 0 Å². The summed E-state index contributed by atoms with van der Waals surface area (Å²) in [5, 5.41) is 5.77. The Morgan fingerprint density at radius 2 is 2.31 bits per heavy atom. The van der Waals surface area contributed by atoms with E-state index in [0.29, 0.717) is 21.7 Å². The van der Waals surface area contributed by atoms with Gasteiger partial charge in [-0.25, -0.2) is 9.37 Å². The largest absolute Gasteiger partial charge is 0.494 e. The molecule has 0 saturated heterocycles. The van der Waals surface area contributed by atoms with Crippen molar-refractivity contribution in [1.82, 2.24) is 4.98 Å². The van der Waals surface area contributed by atoms with Crippen LogP contribution in [0.2, 0.25) is 5.15 Å². The lowest BCUT2D eigenvalue weighted by Gasteiger charge is -2.08. The molecule has 1 aromatic heterocycles. The average Bonchev–Trinajstić information content (AvgIpc) is 2.67. The summed E-state index contributed by atoms with van der Waals surface area (Å²) < 4.78 is 18.0. The van der Waals surface area contributed by atoms with E-state index in [4.69, 9.17) is 16.3 Å². The number of halogens is 2. The predicted molar refractivity (Wildman–Crippen MR) is 63.4 cm³/mol. The number of hydrogen-bond acceptors (Lipinski definition) is 4. The summed E-state index contributed by atoms with van der Waals surface area (Å²) in [6.45, 7) is 0. The highest BCUT2D eigenvalue weighted by Gasteiger charge is 2.06. The zero-order valence-electron chi connectivity index (χ0n) is 8.33. The topological polar surface area (TPSA) is 34.1 Å². The Hall–Kier alpha value is -1.33. The molecule has 0 saturated carbocycles. The van der Waals surface area contributed by atoms with Crippen molar-refractivity contribution in [3.8, 4) is 5.75 Å². The van der Waals surface area contributed by atoms with E-state index in [0.717, 1.165) is 0 Å². The molecule has 0 unspecified atom stereocenters. The molecule has 0 spiro atoms. The molecule has 16 heavy (non-hydrogen) atoms. The highest BCUT2D eigenvalue weighted by molar-refractivity contribution is 7.14. The highest BCUT2D eigenvalue weighted by atomic mass is 35.5. The summed E-state index contributed by atoms with van der Waals surface area (Å²) in [7, 11) is 1.48. The summed E-state index contributed by atoms with van der Waals surface area (Å²) >= 11 is 7.06. The van der Waals surface area contributed by atoms with Gasteiger partial charge in [0.2, 0.25) is 0 Å². The van der Waals surface area contributed by atoms with Gasteiger partial charge >= 0.3 is 0 Å². The number of methoxy groups -OCH3 is 1. The lowest BCUT2D eigenvalue weighted by molar-refractivity contribution is 0.413. The number of nitrogens with zero attached hydrogens (tertiary/aromatic N) is 1. The molecular formula is C10H8ClFN2OS. The highest BCUT2D eigenvalue weighted by Crippen LogP contribution is 2.30. The first-order chi connectivity index (χ1) is 7.69. The van der Waals surface area contributed by atoms with Gasteiger partial charge in [0.25, 0.3) is 0 Å². The molecule has 0 bridgehead atoms. The van der Waals surface area contributed by atoms with Crippen LogP contribution in [0.5, 0.6) is 5.75 Å². The van der Waals surface area contributed by atoms with Gasteiger partial charge in [0.15, 0.2) is 5.13 Å². The van der Waals surface area contributed by atoms with E-state index >= 15 is 0 Å². The van der Waals surface area contributed by atoms with Gasteiger partial charge < -0.3 is 10.1 Å². The summed E-state index contributed by atoms with van der Waals surface area (Å²) in [4.78, 5) is 4.03. The van der Waals surface area contributed by atoms with E-state index < -0.39 is 0 Å². The van der Waals surface area contributed by atoms with Crippen LogP contribution in [0.4, 0.5) is 15.2 Å². The second kappa shape index (κ2) is 4.67. The minimum absolute atomic E-state index is 0.348. The second-order valence-corrected chi connectivity index (χ2v) is 4.19. The van der Waals surface area contributed by atoms with Gasteiger partial charge in [-0.3, -0.25) is 0 Å². The summed E-state index contributed by atoms with van der Waals surface area (Å²) in [5.74, 6) is 0.0749. The zero-order chi connectivity index (χ0) is 11.5. The number of hydrogen-bond donors (Lipinski definition) is 1. The molecular weight excluding hydrogens is 251 g/mol. The van der Waals surface area contributed by atoms with Crippen molar-refractivity contribution in [2.24, 2.45) is 0 Å². The average molecular weight is 259 g/mol. The van der Waals surface area contributed by atoms with E-state index in [1.54, 1.807) is 11.4 Å². The van der Waals surface area contributed by atoms with E-state index in [2.05, 4.69) is 10.3 Å². The Morgan fingerprint density at radius 3 is 2.94 bits per heavy atom. The minimum atomic E-state index is -0.348. The number of thiazole rings is 1. The van der Waals surface area contributed by atoms with Crippen LogP contribution < -0.4 is 10.1 Å². The van der Waals surface area contributed by atoms with Crippen molar-refractivity contribution >= 4 is 33.8 Å². The van der Waals surface area contributed by atoms with Crippen LogP contribution in [-0.2, 0) is 0 Å². The minimum Gasteiger partial charge on any atom is -0.494 e. The van der Waals surface area contributed by atoms with Crippen molar-refractivity contribution in [3.05, 3.63) is 34.5 Å². The summed E-state index contributed by atoms with van der Waals surface area (Å²) in [6.07, 6.45) is 0. The Kier molecular flexibility index (Phi) is 3.26. The Labute approximate surface area is 101 Å². The standard InChI is InChI=1S/C10H8ClFN2OS/c1-15-8-4-6(12)2-3-7(8)13-10-14-9(11)5-16-10/h2-5H,1H3,(H,13,14). The lowest BCUT2D eigenvalue weighted by Crippen LogP contribution is -1.94. The third-order valence-corrected chi connectivity index (χ3v) is 2.96. The van der Waals surface area contributed by atoms with Crippen LogP contribution in [0, 0.1) is 5.82 Å². The smallest absolute Gasteiger partial charge is 0.188 e. The Bertz CT molecular complexity index is 503. The van der Waals surface area contributed by atoms with Gasteiger partial charge in [-0.15, -0.1) is 11.3 Å². The van der Waals surface area contributed by atoms with Crippen LogP contribution in [0.1, 0.15) is 0 Å². The predicted octanol–water partition coefficient (Wildman–Crippen LogP) is 3.69. The molecule has 0 radical (unpaired) electrons. The number of ether oxygens (including phenoxy) is 1. The van der Waals surface area contributed by atoms with Crippen molar-refractivity contribution in [2.75, 3.05) is 12.4 Å². The first kappa shape index (κ1) is 11.2. The first-order valence-electron chi connectivity index (χ1n) is 4.40. The van der Waals surface area contributed by atoms with Gasteiger partial charge in [-0.1, -0.05) is 11.6 Å². The number of anilines is 2. The Balaban J connectivity index is 2.27. The number of rotatable bonds is 3. The maximum atomic E-state index is 12.9. The fraction of sp³-hybridized carbons (Fsp3) is 0.100. The normalized spacial score (nSPS) is 10.2. The number of nitrogens with one attached hydrogen (secondary N) is 1. The molecule has 0 fully saturated rings. The maximum Gasteiger partial charge on any atom is 0.188 e. The molecule has 6 heteroatoms. The van der Waals surface area contributed by atoms with Gasteiger partial charge in [0.05, 0.1) is 12.8 Å². The molecule has 0 aliphatic heterocycles. The van der Waals surface area contributed by atoms with E-state index in [1.165, 1.54) is 30.6 Å². The molecule has 0 aliphatic carbocycles. The zero-order valence-corrected chi connectivity index (χ0v) is 9.90. The monoisotopic (exact) mass is 258 g/mol. The van der Waals surface area contributed by atoms with Gasteiger partial charge in [-0.2, -0.15) is 0 Å². The molecule has 2 aromatic rings. The molecule has 0 atom stereocenters. The van der Waals surface area contributed by atoms with Crippen molar-refractivity contribution < 1.29 is 9.13 Å². The van der Waals surface area contributed by atoms with Crippen LogP contribution in [-0.4, -0.2) is 12.1 Å². The molecule has 0 amide bonds. The van der Waals surface area contributed by atoms with Gasteiger partial charge in [0, 0.05) is 11.4 Å². The first-order valence-corrected chi connectivity index (χ1v) is 5.66. The second-order valence-electron chi connectivity index (χ2n) is 2.94. The maximum absolute atomic E-state index is 12.9. The fourth-order valence-electron chi connectivity index (χ4n) is 1.20. The lowest BCUT2D eigenvalue weighted by atomic mass is 10.3. The Morgan fingerprint density at radius 1 is 1.50 bits per heavy atom. The van der Waals surface area contributed by atoms with Crippen molar-refractivity contribution in [1.29, 1.82) is 0 Å². The molecule has 1 aromatic carbocycles. The van der Waals surface area contributed by atoms with E-state index in [1.807, 2.05) is 0 Å². The van der Waals surface area contributed by atoms with Crippen LogP contribution in [0.25, 0.3) is 0 Å². The fourth-order valence-corrected chi connectivity index (χ4v) is 2.04. The molecule has 1 N–H and O–H groups in total. The quantitative estimate of drug-likeness (QED) is 0.912. The molecule has 0 aliphatic rings. The van der Waals surface area contributed by atoms with Gasteiger partial charge in [-0.05, 0) is 12.1 Å². The molecule has 84 valence electrons. The number of benzene rings is 1. The van der Waals surface area contributed by atoms with Crippen molar-refractivity contribution in [2.45, 2.75) is 0 Å². The van der Waals surface area contributed by atoms with E-state index in [9.17, 15) is 4.39 Å².